The summed E-state index contributed by atoms with van der Waals surface area (Å²) in [5.74, 6) is 1.24. The van der Waals surface area contributed by atoms with E-state index in [0.717, 1.165) is 4.47 Å². The molecular weight excluding hydrogens is 512 g/mol. The third-order valence-corrected chi connectivity index (χ3v) is 6.19. The van der Waals surface area contributed by atoms with Crippen LogP contribution >= 0.6 is 15.9 Å². The Hall–Kier alpha value is -2.91. The van der Waals surface area contributed by atoms with Crippen LogP contribution in [-0.4, -0.2) is 63.8 Å². The Balaban J connectivity index is 1.66. The molecule has 1 saturated heterocycles. The van der Waals surface area contributed by atoms with Gasteiger partial charge in [0.15, 0.2) is 0 Å². The van der Waals surface area contributed by atoms with Gasteiger partial charge in [-0.3, -0.25) is 14.3 Å². The van der Waals surface area contributed by atoms with E-state index in [-0.39, 0.29) is 11.7 Å². The molecule has 1 aromatic heterocycles. The van der Waals surface area contributed by atoms with Crippen LogP contribution in [0.4, 0.5) is 4.79 Å². The second-order valence-electron chi connectivity index (χ2n) is 9.47. The first-order chi connectivity index (χ1) is 16.7. The van der Waals surface area contributed by atoms with Gasteiger partial charge >= 0.3 is 6.09 Å². The fraction of sp³-hybridized carbons (Fsp3) is 0.423. The lowest BCUT2D eigenvalue weighted by atomic mass is 10.2. The topological polar surface area (TPSA) is 76.9 Å². The van der Waals surface area contributed by atoms with E-state index in [1.165, 1.54) is 0 Å². The normalized spacial score (nSPS) is 14.8. The molecule has 0 saturated carbocycles. The molecular formula is C26H31BrN4O4. The average molecular weight is 543 g/mol. The van der Waals surface area contributed by atoms with Crippen LogP contribution in [0.3, 0.4) is 0 Å². The summed E-state index contributed by atoms with van der Waals surface area (Å²) in [6.45, 7) is 10.9. The number of halogens is 1. The quantitative estimate of drug-likeness (QED) is 0.468. The van der Waals surface area contributed by atoms with Gasteiger partial charge in [-0.25, -0.2) is 9.78 Å². The predicted molar refractivity (Wildman–Crippen MR) is 139 cm³/mol. The van der Waals surface area contributed by atoms with Gasteiger partial charge in [-0.1, -0.05) is 28.1 Å². The van der Waals surface area contributed by atoms with Crippen LogP contribution in [0, 0.1) is 0 Å². The number of hydrogen-bond acceptors (Lipinski definition) is 6. The summed E-state index contributed by atoms with van der Waals surface area (Å²) in [6.07, 6.45) is -0.297. The number of ether oxygens (including phenoxy) is 2. The van der Waals surface area contributed by atoms with Crippen molar-refractivity contribution in [1.82, 2.24) is 19.4 Å². The molecule has 0 spiro atoms. The summed E-state index contributed by atoms with van der Waals surface area (Å²) < 4.78 is 13.9. The van der Waals surface area contributed by atoms with Crippen LogP contribution in [0.2, 0.25) is 0 Å². The number of benzene rings is 2. The summed E-state index contributed by atoms with van der Waals surface area (Å²) in [4.78, 5) is 34.9. The average Bonchev–Trinajstić information content (AvgIpc) is 2.80. The Kier molecular flexibility index (Phi) is 7.47. The monoisotopic (exact) mass is 542 g/mol. The molecule has 1 aliphatic heterocycles. The summed E-state index contributed by atoms with van der Waals surface area (Å²) in [7, 11) is 0. The van der Waals surface area contributed by atoms with Crippen molar-refractivity contribution < 1.29 is 14.3 Å². The maximum atomic E-state index is 13.7. The second kappa shape index (κ2) is 10.4. The molecule has 0 aliphatic carbocycles. The van der Waals surface area contributed by atoms with Crippen molar-refractivity contribution in [3.63, 3.8) is 0 Å². The largest absolute Gasteiger partial charge is 0.492 e. The van der Waals surface area contributed by atoms with Crippen molar-refractivity contribution in [2.75, 3.05) is 32.8 Å². The number of amides is 1. The number of fused-ring (bicyclic) bond motifs is 1. The highest BCUT2D eigenvalue weighted by Crippen LogP contribution is 2.28. The number of carbonyl (C=O) groups excluding carboxylic acids is 1. The van der Waals surface area contributed by atoms with E-state index in [0.29, 0.717) is 67.5 Å². The second-order valence-corrected chi connectivity index (χ2v) is 10.4. The molecule has 8 nitrogen and oxygen atoms in total. The molecule has 2 heterocycles. The van der Waals surface area contributed by atoms with Gasteiger partial charge in [0, 0.05) is 30.7 Å². The van der Waals surface area contributed by atoms with Crippen molar-refractivity contribution in [3.8, 4) is 11.4 Å². The SMILES string of the molecule is CCOc1cc(Br)ccc1-n1c(CN2CCN(C(=O)OC(C)(C)C)CC2)nc2ccccc2c1=O. The molecule has 0 N–H and O–H groups in total. The summed E-state index contributed by atoms with van der Waals surface area (Å²) in [5, 5.41) is 0.552. The first kappa shape index (κ1) is 25.2. The van der Waals surface area contributed by atoms with Gasteiger partial charge in [0.1, 0.15) is 17.2 Å². The number of rotatable bonds is 5. The highest BCUT2D eigenvalue weighted by atomic mass is 79.9. The van der Waals surface area contributed by atoms with Crippen molar-refractivity contribution in [3.05, 3.63) is 63.1 Å². The van der Waals surface area contributed by atoms with E-state index < -0.39 is 5.60 Å². The fourth-order valence-electron chi connectivity index (χ4n) is 4.09. The van der Waals surface area contributed by atoms with Gasteiger partial charge in [-0.05, 0) is 58.0 Å². The first-order valence-corrected chi connectivity index (χ1v) is 12.6. The molecule has 1 aliphatic rings. The molecule has 0 radical (unpaired) electrons. The van der Waals surface area contributed by atoms with Crippen molar-refractivity contribution in [1.29, 1.82) is 0 Å². The molecule has 186 valence electrons. The predicted octanol–water partition coefficient (Wildman–Crippen LogP) is 4.60. The van der Waals surface area contributed by atoms with E-state index >= 15 is 0 Å². The lowest BCUT2D eigenvalue weighted by Gasteiger charge is -2.35. The zero-order valence-electron chi connectivity index (χ0n) is 20.6. The first-order valence-electron chi connectivity index (χ1n) is 11.8. The molecule has 0 bridgehead atoms. The number of nitrogens with zero attached hydrogens (tertiary/aromatic N) is 4. The Morgan fingerprint density at radius 2 is 1.80 bits per heavy atom. The lowest BCUT2D eigenvalue weighted by molar-refractivity contribution is 0.0136. The highest BCUT2D eigenvalue weighted by molar-refractivity contribution is 9.10. The van der Waals surface area contributed by atoms with Gasteiger partial charge in [0.25, 0.3) is 5.56 Å². The fourth-order valence-corrected chi connectivity index (χ4v) is 4.43. The number of carbonyl (C=O) groups is 1. The van der Waals surface area contributed by atoms with E-state index in [4.69, 9.17) is 14.5 Å². The van der Waals surface area contributed by atoms with E-state index in [1.54, 1.807) is 15.5 Å². The minimum absolute atomic E-state index is 0.138. The number of aromatic nitrogens is 2. The standard InChI is InChI=1S/C26H31BrN4O4/c1-5-34-22-16-18(27)10-11-21(22)31-23(28-20-9-7-6-8-19(20)24(31)32)17-29-12-14-30(15-13-29)25(33)35-26(2,3)4/h6-11,16H,5,12-15,17H2,1-4H3. The Morgan fingerprint density at radius 3 is 2.49 bits per heavy atom. The molecule has 1 fully saturated rings. The zero-order chi connectivity index (χ0) is 25.2. The van der Waals surface area contributed by atoms with Gasteiger partial charge < -0.3 is 14.4 Å². The zero-order valence-corrected chi connectivity index (χ0v) is 22.2. The summed E-state index contributed by atoms with van der Waals surface area (Å²) in [5.41, 5.74) is 0.649. The van der Waals surface area contributed by atoms with Crippen molar-refractivity contribution in [2.45, 2.75) is 39.8 Å². The Bertz CT molecular complexity index is 1280. The van der Waals surface area contributed by atoms with Crippen LogP contribution in [0.25, 0.3) is 16.6 Å². The van der Waals surface area contributed by atoms with Crippen LogP contribution in [0.5, 0.6) is 5.75 Å². The van der Waals surface area contributed by atoms with Crippen LogP contribution < -0.4 is 10.3 Å². The molecule has 0 atom stereocenters. The van der Waals surface area contributed by atoms with Crippen LogP contribution in [0.15, 0.2) is 51.7 Å². The van der Waals surface area contributed by atoms with Crippen LogP contribution in [-0.2, 0) is 11.3 Å². The molecule has 35 heavy (non-hydrogen) atoms. The third-order valence-electron chi connectivity index (χ3n) is 5.70. The molecule has 0 unspecified atom stereocenters. The maximum Gasteiger partial charge on any atom is 0.410 e. The maximum absolute atomic E-state index is 13.7. The third kappa shape index (κ3) is 5.85. The lowest BCUT2D eigenvalue weighted by Crippen LogP contribution is -2.50. The highest BCUT2D eigenvalue weighted by Gasteiger charge is 2.27. The molecule has 9 heteroatoms. The molecule has 4 rings (SSSR count). The number of piperazine rings is 1. The summed E-state index contributed by atoms with van der Waals surface area (Å²) in [6, 6.07) is 13.0. The number of para-hydroxylation sites is 1. The minimum Gasteiger partial charge on any atom is -0.492 e. The molecule has 1 amide bonds. The van der Waals surface area contributed by atoms with Crippen molar-refractivity contribution >= 4 is 32.9 Å². The van der Waals surface area contributed by atoms with Gasteiger partial charge in [0.2, 0.25) is 0 Å². The Morgan fingerprint density at radius 1 is 1.09 bits per heavy atom. The smallest absolute Gasteiger partial charge is 0.410 e. The van der Waals surface area contributed by atoms with Gasteiger partial charge in [-0.2, -0.15) is 0 Å². The van der Waals surface area contributed by atoms with E-state index in [9.17, 15) is 9.59 Å². The van der Waals surface area contributed by atoms with Crippen molar-refractivity contribution in [2.24, 2.45) is 0 Å². The van der Waals surface area contributed by atoms with E-state index in [2.05, 4.69) is 20.8 Å². The van der Waals surface area contributed by atoms with E-state index in [1.807, 2.05) is 64.1 Å². The molecule has 2 aromatic carbocycles. The Labute approximate surface area is 213 Å². The number of hydrogen-bond donors (Lipinski definition) is 0. The summed E-state index contributed by atoms with van der Waals surface area (Å²) >= 11 is 3.50. The van der Waals surface area contributed by atoms with Gasteiger partial charge in [0.05, 0.1) is 29.7 Å². The molecule has 3 aromatic rings. The van der Waals surface area contributed by atoms with Crippen LogP contribution in [0.1, 0.15) is 33.5 Å². The van der Waals surface area contributed by atoms with Gasteiger partial charge in [-0.15, -0.1) is 0 Å². The minimum atomic E-state index is -0.526.